The summed E-state index contributed by atoms with van der Waals surface area (Å²) in [5, 5.41) is 9.72. The number of carbonyl (C=O) groups is 2. The summed E-state index contributed by atoms with van der Waals surface area (Å²) in [4.78, 5) is 28.3. The average Bonchev–Trinajstić information content (AvgIpc) is 3.24. The lowest BCUT2D eigenvalue weighted by Gasteiger charge is -2.23. The summed E-state index contributed by atoms with van der Waals surface area (Å²) in [7, 11) is 0. The molecular formula is C16H17N5O3. The highest BCUT2D eigenvalue weighted by Gasteiger charge is 2.30. The molecule has 2 N–H and O–H groups in total. The summed E-state index contributed by atoms with van der Waals surface area (Å²) in [6, 6.07) is 9.40. The van der Waals surface area contributed by atoms with Gasteiger partial charge in [-0.2, -0.15) is 4.98 Å². The molecule has 2 aliphatic heterocycles. The highest BCUT2D eigenvalue weighted by molar-refractivity contribution is 5.94. The number of anilines is 2. The second-order valence-electron chi connectivity index (χ2n) is 5.87. The number of nitrogens with one attached hydrogen (secondary N) is 2. The van der Waals surface area contributed by atoms with Gasteiger partial charge in [0.2, 0.25) is 11.9 Å². The van der Waals surface area contributed by atoms with Gasteiger partial charge >= 0.3 is 0 Å². The molecule has 1 aromatic carbocycles. The van der Waals surface area contributed by atoms with Gasteiger partial charge in [0.1, 0.15) is 6.10 Å². The molecule has 124 valence electrons. The Bertz CT molecular complexity index is 767. The molecule has 2 aromatic rings. The summed E-state index contributed by atoms with van der Waals surface area (Å²) >= 11 is 0. The van der Waals surface area contributed by atoms with Gasteiger partial charge in [-0.1, -0.05) is 30.3 Å². The van der Waals surface area contributed by atoms with Crippen LogP contribution in [0, 0.1) is 0 Å². The Morgan fingerprint density at radius 2 is 2.17 bits per heavy atom. The second-order valence-corrected chi connectivity index (χ2v) is 5.87. The van der Waals surface area contributed by atoms with Gasteiger partial charge in [-0.3, -0.25) is 20.2 Å². The fourth-order valence-corrected chi connectivity index (χ4v) is 3.03. The molecule has 1 saturated heterocycles. The molecule has 0 radical (unpaired) electrons. The average molecular weight is 327 g/mol. The van der Waals surface area contributed by atoms with Crippen molar-refractivity contribution in [2.45, 2.75) is 31.4 Å². The molecule has 8 nitrogen and oxygen atoms in total. The fourth-order valence-electron chi connectivity index (χ4n) is 3.03. The third-order valence-electron chi connectivity index (χ3n) is 4.20. The largest absolute Gasteiger partial charge is 0.368 e. The van der Waals surface area contributed by atoms with Crippen molar-refractivity contribution in [2.75, 3.05) is 17.2 Å². The predicted molar refractivity (Wildman–Crippen MR) is 85.5 cm³/mol. The van der Waals surface area contributed by atoms with Crippen LogP contribution in [0.2, 0.25) is 0 Å². The zero-order chi connectivity index (χ0) is 16.5. The summed E-state index contributed by atoms with van der Waals surface area (Å²) < 4.78 is 6.99. The van der Waals surface area contributed by atoms with Crippen molar-refractivity contribution in [1.82, 2.24) is 14.8 Å². The zero-order valence-corrected chi connectivity index (χ0v) is 12.9. The molecule has 2 amide bonds. The van der Waals surface area contributed by atoms with Crippen molar-refractivity contribution >= 4 is 23.7 Å². The molecule has 0 unspecified atom stereocenters. The molecule has 0 saturated carbocycles. The number of benzene rings is 1. The van der Waals surface area contributed by atoms with E-state index in [0.717, 1.165) is 12.0 Å². The minimum Gasteiger partial charge on any atom is -0.368 e. The van der Waals surface area contributed by atoms with E-state index in [1.165, 1.54) is 0 Å². The highest BCUT2D eigenvalue weighted by atomic mass is 16.5. The zero-order valence-electron chi connectivity index (χ0n) is 12.9. The number of aromatic nitrogens is 3. The summed E-state index contributed by atoms with van der Waals surface area (Å²) in [6.45, 7) is 0.595. The lowest BCUT2D eigenvalue weighted by molar-refractivity contribution is -0.124. The van der Waals surface area contributed by atoms with Crippen LogP contribution in [0.4, 0.5) is 11.9 Å². The highest BCUT2D eigenvalue weighted by Crippen LogP contribution is 2.29. The van der Waals surface area contributed by atoms with Gasteiger partial charge in [-0.05, 0) is 18.4 Å². The lowest BCUT2D eigenvalue weighted by atomic mass is 10.0. The van der Waals surface area contributed by atoms with Gasteiger partial charge in [-0.25, -0.2) is 4.68 Å². The summed E-state index contributed by atoms with van der Waals surface area (Å²) in [5.74, 6) is 0.134. The van der Waals surface area contributed by atoms with E-state index >= 15 is 0 Å². The van der Waals surface area contributed by atoms with Crippen LogP contribution < -0.4 is 10.6 Å². The molecule has 24 heavy (non-hydrogen) atoms. The van der Waals surface area contributed by atoms with Crippen LogP contribution in [0.3, 0.4) is 0 Å². The normalized spacial score (nSPS) is 22.8. The van der Waals surface area contributed by atoms with E-state index in [4.69, 9.17) is 4.74 Å². The summed E-state index contributed by atoms with van der Waals surface area (Å²) in [5.41, 5.74) is 0.968. The first kappa shape index (κ1) is 14.8. The van der Waals surface area contributed by atoms with Gasteiger partial charge in [0.25, 0.3) is 11.9 Å². The summed E-state index contributed by atoms with van der Waals surface area (Å²) in [6.07, 6.45) is 1.39. The van der Waals surface area contributed by atoms with E-state index in [0.29, 0.717) is 19.0 Å². The van der Waals surface area contributed by atoms with Crippen LogP contribution in [-0.4, -0.2) is 39.3 Å². The van der Waals surface area contributed by atoms with E-state index in [2.05, 4.69) is 20.7 Å². The Morgan fingerprint density at radius 3 is 2.92 bits per heavy atom. The number of hydrogen-bond donors (Lipinski definition) is 2. The van der Waals surface area contributed by atoms with Gasteiger partial charge < -0.3 is 4.74 Å². The van der Waals surface area contributed by atoms with Crippen molar-refractivity contribution in [3.05, 3.63) is 35.9 Å². The van der Waals surface area contributed by atoms with Crippen molar-refractivity contribution in [2.24, 2.45) is 0 Å². The number of hydrogen-bond acceptors (Lipinski definition) is 5. The third kappa shape index (κ3) is 2.76. The van der Waals surface area contributed by atoms with Crippen molar-refractivity contribution in [3.8, 4) is 0 Å². The monoisotopic (exact) mass is 327 g/mol. The molecule has 0 aliphatic carbocycles. The van der Waals surface area contributed by atoms with Crippen LogP contribution in [0.25, 0.3) is 0 Å². The van der Waals surface area contributed by atoms with Crippen LogP contribution in [0.1, 0.15) is 30.9 Å². The number of nitrogens with zero attached hydrogens (tertiary/aromatic N) is 3. The second kappa shape index (κ2) is 6.04. The first-order valence-corrected chi connectivity index (χ1v) is 7.94. The molecule has 0 spiro atoms. The molecular weight excluding hydrogens is 310 g/mol. The number of rotatable bonds is 3. The Hall–Kier alpha value is -2.74. The minimum absolute atomic E-state index is 0.124. The Balaban J connectivity index is 1.60. The maximum absolute atomic E-state index is 12.1. The topological polar surface area (TPSA) is 98.1 Å². The minimum atomic E-state index is -0.454. The smallest absolute Gasteiger partial charge is 0.255 e. The molecule has 4 rings (SSSR count). The molecule has 3 heterocycles. The lowest BCUT2D eigenvalue weighted by Crippen LogP contribution is -2.29. The molecule has 0 bridgehead atoms. The number of ether oxygens (including phenoxy) is 1. The van der Waals surface area contributed by atoms with Crippen LogP contribution in [0.15, 0.2) is 30.3 Å². The first-order valence-electron chi connectivity index (χ1n) is 7.94. The van der Waals surface area contributed by atoms with Crippen LogP contribution in [0.5, 0.6) is 0 Å². The van der Waals surface area contributed by atoms with E-state index in [1.54, 1.807) is 4.68 Å². The molecule has 1 aromatic heterocycles. The van der Waals surface area contributed by atoms with E-state index < -0.39 is 6.10 Å². The number of fused-ring (bicyclic) bond motifs is 1. The van der Waals surface area contributed by atoms with Gasteiger partial charge in [0.05, 0.1) is 12.5 Å². The van der Waals surface area contributed by atoms with Crippen LogP contribution >= 0.6 is 0 Å². The quantitative estimate of drug-likeness (QED) is 0.886. The SMILES string of the molecule is O=C1C[C@@H](c2ccccc2)n2nc(NC(=O)[C@H]3CCCO3)nc2N1. The maximum Gasteiger partial charge on any atom is 0.255 e. The number of carbonyl (C=O) groups excluding carboxylic acids is 2. The maximum atomic E-state index is 12.1. The standard InChI is InChI=1S/C16H17N5O3/c22-13-9-11(10-5-2-1-3-6-10)21-16(17-13)19-15(20-21)18-14(23)12-7-4-8-24-12/h1-3,5-6,11-12H,4,7-9H2,(H2,17,18,19,20,22,23)/t11-,12+/m0/s1. The third-order valence-corrected chi connectivity index (χ3v) is 4.20. The van der Waals surface area contributed by atoms with Crippen LogP contribution in [-0.2, 0) is 14.3 Å². The van der Waals surface area contributed by atoms with E-state index in [-0.39, 0.29) is 30.2 Å². The molecule has 8 heteroatoms. The fraction of sp³-hybridized carbons (Fsp3) is 0.375. The van der Waals surface area contributed by atoms with Gasteiger partial charge in [-0.15, -0.1) is 5.10 Å². The van der Waals surface area contributed by atoms with Gasteiger partial charge in [0.15, 0.2) is 0 Å². The molecule has 2 atom stereocenters. The molecule has 1 fully saturated rings. The van der Waals surface area contributed by atoms with Crippen molar-refractivity contribution in [3.63, 3.8) is 0 Å². The Kier molecular flexibility index (Phi) is 3.73. The predicted octanol–water partition coefficient (Wildman–Crippen LogP) is 1.33. The van der Waals surface area contributed by atoms with E-state index in [1.807, 2.05) is 30.3 Å². The Labute approximate surface area is 138 Å². The molecule has 2 aliphatic rings. The van der Waals surface area contributed by atoms with E-state index in [9.17, 15) is 9.59 Å². The van der Waals surface area contributed by atoms with Crippen molar-refractivity contribution < 1.29 is 14.3 Å². The van der Waals surface area contributed by atoms with Gasteiger partial charge in [0, 0.05) is 6.61 Å². The Morgan fingerprint density at radius 1 is 1.33 bits per heavy atom. The number of amides is 2. The van der Waals surface area contributed by atoms with Crippen molar-refractivity contribution in [1.29, 1.82) is 0 Å². The first-order chi connectivity index (χ1) is 11.7.